The summed E-state index contributed by atoms with van der Waals surface area (Å²) in [6.45, 7) is 2.68. The van der Waals surface area contributed by atoms with Gasteiger partial charge in [-0.25, -0.2) is 0 Å². The average Bonchev–Trinajstić information content (AvgIpc) is 2.41. The van der Waals surface area contributed by atoms with Crippen molar-refractivity contribution in [3.8, 4) is 11.5 Å². The average molecular weight is 309 g/mol. The van der Waals surface area contributed by atoms with Gasteiger partial charge in [-0.1, -0.05) is 17.7 Å². The quantitative estimate of drug-likeness (QED) is 0.799. The highest BCUT2D eigenvalue weighted by atomic mass is 19.4. The SMILES string of the molecule is Cc1ccc(Oc2ccc(C(F)(F)F)cc2)c(CN(C)C)c1. The van der Waals surface area contributed by atoms with Crippen molar-refractivity contribution < 1.29 is 17.9 Å². The van der Waals surface area contributed by atoms with Crippen LogP contribution in [0.15, 0.2) is 42.5 Å². The molecule has 0 heterocycles. The van der Waals surface area contributed by atoms with Crippen molar-refractivity contribution in [1.82, 2.24) is 4.90 Å². The lowest BCUT2D eigenvalue weighted by Crippen LogP contribution is -2.11. The third-order valence-electron chi connectivity index (χ3n) is 3.11. The molecule has 0 atom stereocenters. The largest absolute Gasteiger partial charge is 0.457 e. The molecule has 0 aliphatic carbocycles. The van der Waals surface area contributed by atoms with Crippen LogP contribution in [-0.4, -0.2) is 19.0 Å². The summed E-state index contributed by atoms with van der Waals surface area (Å²) in [5, 5.41) is 0. The van der Waals surface area contributed by atoms with Gasteiger partial charge in [0.15, 0.2) is 0 Å². The second-order valence-corrected chi connectivity index (χ2v) is 5.47. The summed E-state index contributed by atoms with van der Waals surface area (Å²) in [7, 11) is 3.90. The second-order valence-electron chi connectivity index (χ2n) is 5.47. The van der Waals surface area contributed by atoms with Crippen molar-refractivity contribution >= 4 is 0 Å². The molecule has 2 aromatic carbocycles. The summed E-state index contributed by atoms with van der Waals surface area (Å²) < 4.78 is 43.4. The first-order chi connectivity index (χ1) is 10.3. The van der Waals surface area contributed by atoms with Crippen LogP contribution in [0, 0.1) is 6.92 Å². The molecule has 0 saturated heterocycles. The predicted octanol–water partition coefficient (Wildman–Crippen LogP) is 4.87. The van der Waals surface area contributed by atoms with Crippen LogP contribution < -0.4 is 4.74 Å². The Kier molecular flexibility index (Phi) is 4.76. The van der Waals surface area contributed by atoms with E-state index in [4.69, 9.17) is 4.74 Å². The van der Waals surface area contributed by atoms with Crippen LogP contribution in [0.25, 0.3) is 0 Å². The fraction of sp³-hybridized carbons (Fsp3) is 0.294. The van der Waals surface area contributed by atoms with Gasteiger partial charge in [0, 0.05) is 12.1 Å². The minimum atomic E-state index is -4.33. The lowest BCUT2D eigenvalue weighted by molar-refractivity contribution is -0.137. The molecule has 118 valence electrons. The van der Waals surface area contributed by atoms with E-state index in [-0.39, 0.29) is 0 Å². The lowest BCUT2D eigenvalue weighted by atomic mass is 10.1. The number of hydrogen-bond acceptors (Lipinski definition) is 2. The Morgan fingerprint density at radius 2 is 1.64 bits per heavy atom. The molecular formula is C17H18F3NO. The number of alkyl halides is 3. The van der Waals surface area contributed by atoms with Crippen molar-refractivity contribution in [2.24, 2.45) is 0 Å². The molecule has 0 unspecified atom stereocenters. The summed E-state index contributed by atoms with van der Waals surface area (Å²) in [5.41, 5.74) is 1.42. The van der Waals surface area contributed by atoms with Crippen LogP contribution in [-0.2, 0) is 12.7 Å². The van der Waals surface area contributed by atoms with Gasteiger partial charge in [0.25, 0.3) is 0 Å². The first-order valence-corrected chi connectivity index (χ1v) is 6.85. The van der Waals surface area contributed by atoms with E-state index in [1.54, 1.807) is 0 Å². The number of ether oxygens (including phenoxy) is 1. The molecule has 0 aliphatic rings. The molecule has 0 aliphatic heterocycles. The first kappa shape index (κ1) is 16.4. The van der Waals surface area contributed by atoms with Gasteiger partial charge < -0.3 is 9.64 Å². The first-order valence-electron chi connectivity index (χ1n) is 6.85. The number of rotatable bonds is 4. The van der Waals surface area contributed by atoms with Crippen LogP contribution in [0.4, 0.5) is 13.2 Å². The molecule has 2 nitrogen and oxygen atoms in total. The van der Waals surface area contributed by atoms with Crippen molar-refractivity contribution in [2.75, 3.05) is 14.1 Å². The number of hydrogen-bond donors (Lipinski definition) is 0. The molecule has 0 amide bonds. The van der Waals surface area contributed by atoms with Crippen molar-refractivity contribution in [3.05, 3.63) is 59.2 Å². The minimum absolute atomic E-state index is 0.386. The Labute approximate surface area is 128 Å². The molecule has 0 aromatic heterocycles. The third-order valence-corrected chi connectivity index (χ3v) is 3.11. The Morgan fingerprint density at radius 1 is 1.00 bits per heavy atom. The van der Waals surface area contributed by atoms with Crippen LogP contribution in [0.3, 0.4) is 0 Å². The van der Waals surface area contributed by atoms with Gasteiger partial charge in [-0.05, 0) is 51.4 Å². The predicted molar refractivity (Wildman–Crippen MR) is 80.1 cm³/mol. The van der Waals surface area contributed by atoms with E-state index in [1.807, 2.05) is 44.1 Å². The topological polar surface area (TPSA) is 12.5 Å². The number of halogens is 3. The molecule has 0 fully saturated rings. The van der Waals surface area contributed by atoms with Gasteiger partial charge in [-0.2, -0.15) is 13.2 Å². The fourth-order valence-corrected chi connectivity index (χ4v) is 2.11. The highest BCUT2D eigenvalue weighted by Gasteiger charge is 2.30. The van der Waals surface area contributed by atoms with Gasteiger partial charge in [0.2, 0.25) is 0 Å². The van der Waals surface area contributed by atoms with Gasteiger partial charge in [-0.15, -0.1) is 0 Å². The van der Waals surface area contributed by atoms with E-state index >= 15 is 0 Å². The van der Waals surface area contributed by atoms with Crippen molar-refractivity contribution in [2.45, 2.75) is 19.6 Å². The Hall–Kier alpha value is -2.01. The summed E-state index contributed by atoms with van der Waals surface area (Å²) in [6, 6.07) is 10.5. The maximum atomic E-state index is 12.6. The molecule has 2 rings (SSSR count). The Bertz CT molecular complexity index is 633. The molecule has 0 saturated carbocycles. The number of benzene rings is 2. The summed E-state index contributed by atoms with van der Waals surface area (Å²) in [6.07, 6.45) is -4.33. The zero-order valence-electron chi connectivity index (χ0n) is 12.7. The normalized spacial score (nSPS) is 11.8. The lowest BCUT2D eigenvalue weighted by Gasteiger charge is -2.16. The summed E-state index contributed by atoms with van der Waals surface area (Å²) in [4.78, 5) is 2.01. The molecule has 2 aromatic rings. The third kappa shape index (κ3) is 4.24. The summed E-state index contributed by atoms with van der Waals surface area (Å²) in [5.74, 6) is 1.04. The zero-order valence-corrected chi connectivity index (χ0v) is 12.7. The van der Waals surface area contributed by atoms with E-state index in [1.165, 1.54) is 12.1 Å². The van der Waals surface area contributed by atoms with Gasteiger partial charge in [0.05, 0.1) is 5.56 Å². The molecule has 22 heavy (non-hydrogen) atoms. The van der Waals surface area contributed by atoms with Gasteiger partial charge in [-0.3, -0.25) is 0 Å². The highest BCUT2D eigenvalue weighted by molar-refractivity contribution is 5.41. The van der Waals surface area contributed by atoms with Crippen LogP contribution >= 0.6 is 0 Å². The molecular weight excluding hydrogens is 291 g/mol. The Morgan fingerprint density at radius 3 is 2.18 bits per heavy atom. The van der Waals surface area contributed by atoms with Crippen LogP contribution in [0.5, 0.6) is 11.5 Å². The molecule has 0 N–H and O–H groups in total. The van der Waals surface area contributed by atoms with E-state index in [2.05, 4.69) is 0 Å². The maximum absolute atomic E-state index is 12.6. The van der Waals surface area contributed by atoms with Crippen molar-refractivity contribution in [3.63, 3.8) is 0 Å². The van der Waals surface area contributed by atoms with Crippen LogP contribution in [0.1, 0.15) is 16.7 Å². The van der Waals surface area contributed by atoms with E-state index in [0.717, 1.165) is 23.3 Å². The van der Waals surface area contributed by atoms with E-state index in [0.29, 0.717) is 18.0 Å². The smallest absolute Gasteiger partial charge is 0.416 e. The molecule has 0 radical (unpaired) electrons. The molecule has 0 spiro atoms. The molecule has 5 heteroatoms. The second kappa shape index (κ2) is 6.40. The van der Waals surface area contributed by atoms with E-state index < -0.39 is 11.7 Å². The van der Waals surface area contributed by atoms with Gasteiger partial charge >= 0.3 is 6.18 Å². The number of aryl methyl sites for hydroxylation is 1. The standard InChI is InChI=1S/C17H18F3NO/c1-12-4-9-16(13(10-12)11-21(2)3)22-15-7-5-14(6-8-15)17(18,19)20/h4-10H,11H2,1-3H3. The van der Waals surface area contributed by atoms with Crippen molar-refractivity contribution in [1.29, 1.82) is 0 Å². The van der Waals surface area contributed by atoms with Gasteiger partial charge in [0.1, 0.15) is 11.5 Å². The fourth-order valence-electron chi connectivity index (χ4n) is 2.11. The summed E-state index contributed by atoms with van der Waals surface area (Å²) >= 11 is 0. The van der Waals surface area contributed by atoms with E-state index in [9.17, 15) is 13.2 Å². The minimum Gasteiger partial charge on any atom is -0.457 e. The highest BCUT2D eigenvalue weighted by Crippen LogP contribution is 2.32. The zero-order chi connectivity index (χ0) is 16.3. The maximum Gasteiger partial charge on any atom is 0.416 e. The monoisotopic (exact) mass is 309 g/mol. The Balaban J connectivity index is 2.23. The van der Waals surface area contributed by atoms with Crippen LogP contribution in [0.2, 0.25) is 0 Å². The molecule has 0 bridgehead atoms. The number of nitrogens with zero attached hydrogens (tertiary/aromatic N) is 1.